The van der Waals surface area contributed by atoms with Crippen LogP contribution in [0.3, 0.4) is 0 Å². The van der Waals surface area contributed by atoms with E-state index < -0.39 is 15.7 Å². The van der Waals surface area contributed by atoms with Crippen molar-refractivity contribution in [1.82, 2.24) is 15.1 Å². The van der Waals surface area contributed by atoms with Gasteiger partial charge in [-0.1, -0.05) is 0 Å². The Balaban J connectivity index is 1.90. The van der Waals surface area contributed by atoms with Crippen molar-refractivity contribution in [2.24, 2.45) is 0 Å². The van der Waals surface area contributed by atoms with Crippen LogP contribution in [0.2, 0.25) is 0 Å². The number of hydrogen-bond donors (Lipinski definition) is 1. The van der Waals surface area contributed by atoms with Crippen LogP contribution in [-0.4, -0.2) is 37.5 Å². The van der Waals surface area contributed by atoms with E-state index in [4.69, 9.17) is 0 Å². The predicted molar refractivity (Wildman–Crippen MR) is 81.5 cm³/mol. The van der Waals surface area contributed by atoms with Crippen LogP contribution in [0.4, 0.5) is 4.39 Å². The van der Waals surface area contributed by atoms with Crippen molar-refractivity contribution >= 4 is 9.84 Å². The summed E-state index contributed by atoms with van der Waals surface area (Å²) in [7, 11) is -3.41. The van der Waals surface area contributed by atoms with Crippen LogP contribution < -0.4 is 5.32 Å². The standard InChI is InChI=1S/C15H18FN3O2S/c1-22(20,21)13-2-3-15(14(16)8-13)19-10-12(9-18-19)11-4-6-17-7-5-11/h2-3,8-11,17H,4-7H2,1H3. The van der Waals surface area contributed by atoms with Crippen molar-refractivity contribution in [2.45, 2.75) is 23.7 Å². The summed E-state index contributed by atoms with van der Waals surface area (Å²) in [5.74, 6) is -0.156. The molecule has 1 aromatic carbocycles. The van der Waals surface area contributed by atoms with E-state index in [1.807, 2.05) is 6.20 Å². The second-order valence-electron chi connectivity index (χ2n) is 5.63. The lowest BCUT2D eigenvalue weighted by molar-refractivity contribution is 0.460. The molecule has 1 N–H and O–H groups in total. The van der Waals surface area contributed by atoms with Crippen molar-refractivity contribution in [3.05, 3.63) is 42.0 Å². The number of nitrogens with one attached hydrogen (secondary N) is 1. The second kappa shape index (κ2) is 5.81. The Morgan fingerprint density at radius 3 is 2.68 bits per heavy atom. The SMILES string of the molecule is CS(=O)(=O)c1ccc(-n2cc(C3CCNCC3)cn2)c(F)c1. The maximum absolute atomic E-state index is 14.2. The molecule has 0 unspecified atom stereocenters. The summed E-state index contributed by atoms with van der Waals surface area (Å²) >= 11 is 0. The van der Waals surface area contributed by atoms with Gasteiger partial charge in [-0.3, -0.25) is 0 Å². The molecule has 2 heterocycles. The van der Waals surface area contributed by atoms with Gasteiger partial charge >= 0.3 is 0 Å². The smallest absolute Gasteiger partial charge is 0.175 e. The van der Waals surface area contributed by atoms with E-state index in [-0.39, 0.29) is 10.6 Å². The molecular formula is C15H18FN3O2S. The van der Waals surface area contributed by atoms with E-state index in [1.54, 1.807) is 6.20 Å². The predicted octanol–water partition coefficient (Wildman–Crippen LogP) is 1.88. The van der Waals surface area contributed by atoms with E-state index in [1.165, 1.54) is 16.8 Å². The number of aromatic nitrogens is 2. The van der Waals surface area contributed by atoms with Crippen LogP contribution in [0.5, 0.6) is 0 Å². The summed E-state index contributed by atoms with van der Waals surface area (Å²) in [5, 5.41) is 7.53. The highest BCUT2D eigenvalue weighted by atomic mass is 32.2. The Hall–Kier alpha value is -1.73. The van der Waals surface area contributed by atoms with Gasteiger partial charge in [0.15, 0.2) is 9.84 Å². The Morgan fingerprint density at radius 2 is 2.05 bits per heavy atom. The van der Waals surface area contributed by atoms with E-state index in [0.717, 1.165) is 43.8 Å². The molecule has 0 spiro atoms. The first kappa shape index (κ1) is 15.2. The highest BCUT2D eigenvalue weighted by Crippen LogP contribution is 2.26. The van der Waals surface area contributed by atoms with Gasteiger partial charge in [-0.25, -0.2) is 17.5 Å². The molecule has 0 bridgehead atoms. The average molecular weight is 323 g/mol. The summed E-state index contributed by atoms with van der Waals surface area (Å²) in [6.45, 7) is 1.96. The van der Waals surface area contributed by atoms with E-state index in [9.17, 15) is 12.8 Å². The van der Waals surface area contributed by atoms with E-state index in [0.29, 0.717) is 5.92 Å². The zero-order valence-corrected chi connectivity index (χ0v) is 13.1. The lowest BCUT2D eigenvalue weighted by Gasteiger charge is -2.21. The van der Waals surface area contributed by atoms with Gasteiger partial charge in [0.05, 0.1) is 11.1 Å². The maximum atomic E-state index is 14.2. The van der Waals surface area contributed by atoms with Crippen LogP contribution in [0.15, 0.2) is 35.5 Å². The Kier molecular flexibility index (Phi) is 4.01. The largest absolute Gasteiger partial charge is 0.317 e. The van der Waals surface area contributed by atoms with Gasteiger partial charge in [-0.15, -0.1) is 0 Å². The number of sulfone groups is 1. The van der Waals surface area contributed by atoms with Gasteiger partial charge in [-0.05, 0) is 55.6 Å². The molecule has 118 valence electrons. The first-order valence-corrected chi connectivity index (χ1v) is 9.09. The van der Waals surface area contributed by atoms with Crippen molar-refractivity contribution in [1.29, 1.82) is 0 Å². The highest BCUT2D eigenvalue weighted by Gasteiger charge is 2.18. The Morgan fingerprint density at radius 1 is 1.32 bits per heavy atom. The lowest BCUT2D eigenvalue weighted by Crippen LogP contribution is -2.26. The van der Waals surface area contributed by atoms with Crippen LogP contribution in [-0.2, 0) is 9.84 Å². The zero-order chi connectivity index (χ0) is 15.7. The van der Waals surface area contributed by atoms with E-state index >= 15 is 0 Å². The molecule has 1 fully saturated rings. The summed E-state index contributed by atoms with van der Waals surface area (Å²) < 4.78 is 38.6. The van der Waals surface area contributed by atoms with Gasteiger partial charge in [0.2, 0.25) is 0 Å². The van der Waals surface area contributed by atoms with Gasteiger partial charge in [0, 0.05) is 12.5 Å². The van der Waals surface area contributed by atoms with Gasteiger partial charge < -0.3 is 5.32 Å². The number of nitrogens with zero attached hydrogens (tertiary/aromatic N) is 2. The van der Waals surface area contributed by atoms with Crippen LogP contribution >= 0.6 is 0 Å². The molecular weight excluding hydrogens is 305 g/mol. The normalized spacial score (nSPS) is 16.8. The molecule has 22 heavy (non-hydrogen) atoms. The first-order valence-electron chi connectivity index (χ1n) is 7.20. The molecule has 1 aromatic heterocycles. The fraction of sp³-hybridized carbons (Fsp3) is 0.400. The number of benzene rings is 1. The molecule has 0 saturated carbocycles. The summed E-state index contributed by atoms with van der Waals surface area (Å²) in [6, 6.07) is 3.89. The Labute approximate surface area is 129 Å². The summed E-state index contributed by atoms with van der Waals surface area (Å²) in [5.41, 5.74) is 1.35. The van der Waals surface area contributed by atoms with Crippen LogP contribution in [0, 0.1) is 5.82 Å². The van der Waals surface area contributed by atoms with Gasteiger partial charge in [0.1, 0.15) is 11.5 Å². The van der Waals surface area contributed by atoms with Crippen molar-refractivity contribution in [2.75, 3.05) is 19.3 Å². The molecule has 0 atom stereocenters. The van der Waals surface area contributed by atoms with Crippen LogP contribution in [0.25, 0.3) is 5.69 Å². The number of halogens is 1. The molecule has 5 nitrogen and oxygen atoms in total. The minimum Gasteiger partial charge on any atom is -0.317 e. The zero-order valence-electron chi connectivity index (χ0n) is 12.3. The summed E-state index contributed by atoms with van der Waals surface area (Å²) in [4.78, 5) is -0.0283. The molecule has 0 aliphatic carbocycles. The van der Waals surface area contributed by atoms with E-state index in [2.05, 4.69) is 10.4 Å². The average Bonchev–Trinajstić information content (AvgIpc) is 2.96. The molecule has 0 amide bonds. The summed E-state index contributed by atoms with van der Waals surface area (Å²) in [6.07, 6.45) is 6.74. The third-order valence-electron chi connectivity index (χ3n) is 4.01. The second-order valence-corrected chi connectivity index (χ2v) is 7.64. The van der Waals surface area contributed by atoms with Crippen molar-refractivity contribution in [3.63, 3.8) is 0 Å². The fourth-order valence-corrected chi connectivity index (χ4v) is 3.37. The van der Waals surface area contributed by atoms with Crippen LogP contribution in [0.1, 0.15) is 24.3 Å². The maximum Gasteiger partial charge on any atom is 0.175 e. The number of rotatable bonds is 3. The van der Waals surface area contributed by atoms with Gasteiger partial charge in [-0.2, -0.15) is 5.10 Å². The first-order chi connectivity index (χ1) is 10.4. The molecule has 1 saturated heterocycles. The highest BCUT2D eigenvalue weighted by molar-refractivity contribution is 7.90. The topological polar surface area (TPSA) is 64.0 Å². The molecule has 1 aliphatic rings. The van der Waals surface area contributed by atoms with Crippen molar-refractivity contribution in [3.8, 4) is 5.69 Å². The molecule has 7 heteroatoms. The third kappa shape index (κ3) is 3.05. The fourth-order valence-electron chi connectivity index (χ4n) is 2.74. The molecule has 2 aromatic rings. The lowest BCUT2D eigenvalue weighted by atomic mass is 9.93. The molecule has 0 radical (unpaired) electrons. The van der Waals surface area contributed by atoms with Gasteiger partial charge in [0.25, 0.3) is 0 Å². The minimum absolute atomic E-state index is 0.0283. The number of piperidine rings is 1. The molecule has 3 rings (SSSR count). The third-order valence-corrected chi connectivity index (χ3v) is 5.12. The molecule has 1 aliphatic heterocycles. The quantitative estimate of drug-likeness (QED) is 0.937. The Bertz CT molecular complexity index is 780. The number of hydrogen-bond acceptors (Lipinski definition) is 4. The van der Waals surface area contributed by atoms with Crippen molar-refractivity contribution < 1.29 is 12.8 Å². The monoisotopic (exact) mass is 323 g/mol. The minimum atomic E-state index is -3.41.